The third kappa shape index (κ3) is 3.26. The number of esters is 1. The van der Waals surface area contributed by atoms with Crippen LogP contribution in [0.3, 0.4) is 0 Å². The molecular weight excluding hydrogens is 341 g/mol. The summed E-state index contributed by atoms with van der Waals surface area (Å²) in [4.78, 5) is 11.5. The molecule has 1 heterocycles. The molecule has 0 saturated heterocycles. The van der Waals surface area contributed by atoms with Crippen molar-refractivity contribution in [2.75, 3.05) is 13.7 Å². The van der Waals surface area contributed by atoms with Crippen molar-refractivity contribution in [2.24, 2.45) is 0 Å². The Morgan fingerprint density at radius 1 is 1.30 bits per heavy atom. The van der Waals surface area contributed by atoms with Gasteiger partial charge < -0.3 is 13.7 Å². The fraction of sp³-hybridized carbons (Fsp3) is 0.308. The van der Waals surface area contributed by atoms with E-state index in [4.69, 9.17) is 4.74 Å². The van der Waals surface area contributed by atoms with Crippen LogP contribution in [0.4, 0.5) is 13.2 Å². The molecule has 0 unspecified atom stereocenters. The summed E-state index contributed by atoms with van der Waals surface area (Å²) < 4.78 is 74.0. The van der Waals surface area contributed by atoms with Gasteiger partial charge in [0.15, 0.2) is 5.76 Å². The molecule has 0 aliphatic carbocycles. The molecule has 1 aromatic rings. The predicted octanol–water partition coefficient (Wildman–Crippen LogP) is 2.46. The smallest absolute Gasteiger partial charge is 0.488 e. The highest BCUT2D eigenvalue weighted by Gasteiger charge is 2.49. The molecule has 0 radical (unpaired) electrons. The summed E-state index contributed by atoms with van der Waals surface area (Å²) in [6.45, 7) is 1.21. The zero-order valence-corrected chi connectivity index (χ0v) is 12.7. The first-order chi connectivity index (χ1) is 10.6. The van der Waals surface area contributed by atoms with Gasteiger partial charge in [-0.15, -0.1) is 0 Å². The second kappa shape index (κ2) is 5.76. The van der Waals surface area contributed by atoms with Crippen molar-refractivity contribution in [2.45, 2.75) is 12.4 Å². The number of hydrogen-bond acceptors (Lipinski definition) is 6. The zero-order valence-electron chi connectivity index (χ0n) is 11.9. The maximum Gasteiger partial charge on any atom is 0.534 e. The van der Waals surface area contributed by atoms with Crippen molar-refractivity contribution in [1.82, 2.24) is 0 Å². The first-order valence-electron chi connectivity index (χ1n) is 6.13. The van der Waals surface area contributed by atoms with Crippen molar-refractivity contribution in [3.8, 4) is 5.75 Å². The number of halogens is 3. The van der Waals surface area contributed by atoms with Crippen LogP contribution in [0.15, 0.2) is 23.8 Å². The van der Waals surface area contributed by atoms with Crippen molar-refractivity contribution in [1.29, 1.82) is 0 Å². The number of fused-ring (bicyclic) bond motifs is 1. The Balaban J connectivity index is 2.52. The van der Waals surface area contributed by atoms with Crippen LogP contribution >= 0.6 is 0 Å². The Morgan fingerprint density at radius 2 is 1.96 bits per heavy atom. The normalized spacial score (nSPS) is 14.8. The van der Waals surface area contributed by atoms with Gasteiger partial charge in [0.05, 0.1) is 18.2 Å². The Labute approximate surface area is 129 Å². The Bertz CT molecular complexity index is 779. The number of rotatable bonds is 3. The molecule has 0 bridgehead atoms. The highest BCUT2D eigenvalue weighted by Crippen LogP contribution is 2.38. The molecule has 1 aliphatic rings. The van der Waals surface area contributed by atoms with Crippen LogP contribution in [0.1, 0.15) is 22.8 Å². The third-order valence-corrected chi connectivity index (χ3v) is 3.91. The van der Waals surface area contributed by atoms with Gasteiger partial charge in [-0.1, -0.05) is 0 Å². The molecule has 6 nitrogen and oxygen atoms in total. The number of hydrogen-bond donors (Lipinski definition) is 0. The summed E-state index contributed by atoms with van der Waals surface area (Å²) in [5, 5.41) is 0. The maximum atomic E-state index is 12.5. The standard InChI is InChI=1S/C13H11F3O6S/c1-7-6-21-10-4-3-8(12(17)20-2)5-9(10)11(7)22-23(18,19)13(14,15)16/h3-5H,6H2,1-2H3. The topological polar surface area (TPSA) is 78.9 Å². The summed E-state index contributed by atoms with van der Waals surface area (Å²) >= 11 is 0. The van der Waals surface area contributed by atoms with E-state index < -0.39 is 27.4 Å². The van der Waals surface area contributed by atoms with E-state index in [1.165, 1.54) is 19.1 Å². The van der Waals surface area contributed by atoms with Crippen molar-refractivity contribution >= 4 is 21.8 Å². The van der Waals surface area contributed by atoms with Gasteiger partial charge in [0.25, 0.3) is 0 Å². The van der Waals surface area contributed by atoms with Gasteiger partial charge in [-0.3, -0.25) is 0 Å². The molecule has 0 amide bonds. The van der Waals surface area contributed by atoms with E-state index >= 15 is 0 Å². The number of carbonyl (C=O) groups excluding carboxylic acids is 1. The van der Waals surface area contributed by atoms with Gasteiger partial charge >= 0.3 is 21.6 Å². The van der Waals surface area contributed by atoms with Crippen LogP contribution < -0.4 is 4.74 Å². The summed E-state index contributed by atoms with van der Waals surface area (Å²) in [6, 6.07) is 3.80. The second-order valence-electron chi connectivity index (χ2n) is 4.58. The third-order valence-electron chi connectivity index (χ3n) is 2.95. The highest BCUT2D eigenvalue weighted by molar-refractivity contribution is 7.87. The van der Waals surface area contributed by atoms with E-state index in [9.17, 15) is 26.4 Å². The quantitative estimate of drug-likeness (QED) is 0.472. The molecule has 10 heteroatoms. The van der Waals surface area contributed by atoms with E-state index in [0.29, 0.717) is 0 Å². The first kappa shape index (κ1) is 17.1. The van der Waals surface area contributed by atoms with Crippen LogP contribution in [0.25, 0.3) is 5.76 Å². The van der Waals surface area contributed by atoms with E-state index in [0.717, 1.165) is 13.2 Å². The molecule has 1 aromatic carbocycles. The molecular formula is C13H11F3O6S. The lowest BCUT2D eigenvalue weighted by Gasteiger charge is -2.22. The lowest BCUT2D eigenvalue weighted by atomic mass is 10.0. The molecule has 0 fully saturated rings. The molecule has 0 atom stereocenters. The van der Waals surface area contributed by atoms with E-state index in [-0.39, 0.29) is 29.1 Å². The van der Waals surface area contributed by atoms with Crippen LogP contribution in [0.5, 0.6) is 5.75 Å². The van der Waals surface area contributed by atoms with Crippen molar-refractivity contribution in [3.63, 3.8) is 0 Å². The van der Waals surface area contributed by atoms with Crippen LogP contribution in [-0.4, -0.2) is 33.6 Å². The molecule has 23 heavy (non-hydrogen) atoms. The Hall–Kier alpha value is -2.23. The Morgan fingerprint density at radius 3 is 2.52 bits per heavy atom. The minimum Gasteiger partial charge on any atom is -0.488 e. The van der Waals surface area contributed by atoms with E-state index in [1.807, 2.05) is 0 Å². The average Bonchev–Trinajstić information content (AvgIpc) is 2.47. The molecule has 0 aromatic heterocycles. The van der Waals surface area contributed by atoms with Gasteiger partial charge in [0.1, 0.15) is 12.4 Å². The molecule has 0 saturated carbocycles. The molecule has 0 spiro atoms. The largest absolute Gasteiger partial charge is 0.534 e. The van der Waals surface area contributed by atoms with E-state index in [1.54, 1.807) is 0 Å². The first-order valence-corrected chi connectivity index (χ1v) is 7.53. The summed E-state index contributed by atoms with van der Waals surface area (Å²) in [5.74, 6) is -1.17. The van der Waals surface area contributed by atoms with Gasteiger partial charge in [0, 0.05) is 5.57 Å². The number of methoxy groups -OCH3 is 1. The molecule has 1 aliphatic heterocycles. The summed E-state index contributed by atoms with van der Waals surface area (Å²) in [5.41, 5.74) is -5.51. The van der Waals surface area contributed by atoms with Crippen molar-refractivity contribution < 1.29 is 40.0 Å². The summed E-state index contributed by atoms with van der Waals surface area (Å²) in [7, 11) is -4.71. The van der Waals surface area contributed by atoms with Crippen LogP contribution in [0.2, 0.25) is 0 Å². The number of benzene rings is 1. The van der Waals surface area contributed by atoms with Gasteiger partial charge in [-0.2, -0.15) is 21.6 Å². The fourth-order valence-corrected chi connectivity index (χ4v) is 2.38. The highest BCUT2D eigenvalue weighted by atomic mass is 32.2. The summed E-state index contributed by atoms with van der Waals surface area (Å²) in [6.07, 6.45) is 0. The average molecular weight is 352 g/mol. The molecule has 0 N–H and O–H groups in total. The minimum atomic E-state index is -5.84. The number of ether oxygens (including phenoxy) is 2. The molecule has 2 rings (SSSR count). The van der Waals surface area contributed by atoms with Gasteiger partial charge in [0.2, 0.25) is 0 Å². The van der Waals surface area contributed by atoms with Crippen LogP contribution in [0, 0.1) is 0 Å². The zero-order chi connectivity index (χ0) is 17.4. The van der Waals surface area contributed by atoms with Crippen LogP contribution in [-0.2, 0) is 19.0 Å². The minimum absolute atomic E-state index is 0.00931. The van der Waals surface area contributed by atoms with Crippen molar-refractivity contribution in [3.05, 3.63) is 34.9 Å². The maximum absolute atomic E-state index is 12.5. The molecule has 126 valence electrons. The second-order valence-corrected chi connectivity index (χ2v) is 6.12. The lowest BCUT2D eigenvalue weighted by Crippen LogP contribution is -2.26. The Kier molecular flexibility index (Phi) is 4.29. The van der Waals surface area contributed by atoms with Gasteiger partial charge in [-0.05, 0) is 25.1 Å². The van der Waals surface area contributed by atoms with Gasteiger partial charge in [-0.25, -0.2) is 4.79 Å². The van der Waals surface area contributed by atoms with E-state index in [2.05, 4.69) is 8.92 Å². The predicted molar refractivity (Wildman–Crippen MR) is 71.9 cm³/mol. The number of carbonyl (C=O) groups is 1. The monoisotopic (exact) mass is 352 g/mol. The number of alkyl halides is 3. The SMILES string of the molecule is COC(=O)c1ccc2c(c1)C(OS(=O)(=O)C(F)(F)F)=C(C)CO2. The lowest BCUT2D eigenvalue weighted by molar-refractivity contribution is -0.0510. The fourth-order valence-electron chi connectivity index (χ4n) is 1.83.